The van der Waals surface area contributed by atoms with E-state index in [0.717, 1.165) is 35.7 Å². The summed E-state index contributed by atoms with van der Waals surface area (Å²) >= 11 is 8.87. The topological polar surface area (TPSA) is 76.5 Å². The third-order valence-corrected chi connectivity index (χ3v) is 8.73. The first-order valence-electron chi connectivity index (χ1n) is 12.6. The molecule has 0 unspecified atom stereocenters. The molecule has 10 heteroatoms. The quantitative estimate of drug-likeness (QED) is 0.208. The molecule has 0 spiro atoms. The molecule has 38 heavy (non-hydrogen) atoms. The van der Waals surface area contributed by atoms with Gasteiger partial charge in [0.25, 0.3) is 5.56 Å². The lowest BCUT2D eigenvalue weighted by Gasteiger charge is -2.30. The summed E-state index contributed by atoms with van der Waals surface area (Å²) < 4.78 is 7.21. The molecular formula is C28H29ClN4O3S2. The molecule has 0 bridgehead atoms. The molecule has 1 aliphatic heterocycles. The Morgan fingerprint density at radius 2 is 2.03 bits per heavy atom. The van der Waals surface area contributed by atoms with Gasteiger partial charge in [-0.2, -0.15) is 0 Å². The van der Waals surface area contributed by atoms with Crippen molar-refractivity contribution in [3.63, 3.8) is 0 Å². The van der Waals surface area contributed by atoms with E-state index >= 15 is 0 Å². The zero-order chi connectivity index (χ0) is 26.8. The summed E-state index contributed by atoms with van der Waals surface area (Å²) in [6.45, 7) is 8.61. The highest BCUT2D eigenvalue weighted by atomic mass is 35.5. The first-order valence-corrected chi connectivity index (χ1v) is 14.7. The Kier molecular flexibility index (Phi) is 8.09. The molecule has 2 aromatic carbocycles. The van der Waals surface area contributed by atoms with E-state index in [1.165, 1.54) is 16.6 Å². The summed E-state index contributed by atoms with van der Waals surface area (Å²) in [5.41, 5.74) is 2.31. The number of carbonyl (C=O) groups is 1. The number of fused-ring (bicyclic) bond motifs is 3. The van der Waals surface area contributed by atoms with Crippen LogP contribution in [0.25, 0.3) is 15.9 Å². The zero-order valence-corrected chi connectivity index (χ0v) is 23.9. The minimum atomic E-state index is -0.206. The lowest BCUT2D eigenvalue weighted by atomic mass is 10.0. The van der Waals surface area contributed by atoms with Crippen molar-refractivity contribution in [2.45, 2.75) is 44.9 Å². The van der Waals surface area contributed by atoms with Gasteiger partial charge in [-0.15, -0.1) is 11.3 Å². The molecule has 0 saturated heterocycles. The molecule has 1 N–H and O–H groups in total. The number of nitrogens with zero attached hydrogens (tertiary/aromatic N) is 3. The van der Waals surface area contributed by atoms with E-state index < -0.39 is 0 Å². The average Bonchev–Trinajstić information content (AvgIpc) is 3.26. The summed E-state index contributed by atoms with van der Waals surface area (Å²) in [6.07, 6.45) is 0.822. The molecule has 4 aromatic rings. The molecule has 0 fully saturated rings. The number of hydrogen-bond acceptors (Lipinski definition) is 7. The second-order valence-electron chi connectivity index (χ2n) is 9.31. The van der Waals surface area contributed by atoms with Gasteiger partial charge in [0.15, 0.2) is 5.16 Å². The molecule has 3 heterocycles. The predicted molar refractivity (Wildman–Crippen MR) is 156 cm³/mol. The van der Waals surface area contributed by atoms with Crippen molar-refractivity contribution in [1.29, 1.82) is 0 Å². The van der Waals surface area contributed by atoms with E-state index in [2.05, 4.69) is 24.1 Å². The van der Waals surface area contributed by atoms with E-state index in [1.807, 2.05) is 31.2 Å². The molecule has 1 amide bonds. The van der Waals surface area contributed by atoms with Gasteiger partial charge in [-0.05, 0) is 75.2 Å². The molecule has 7 nitrogen and oxygen atoms in total. The Bertz CT molecular complexity index is 1530. The Morgan fingerprint density at radius 1 is 1.24 bits per heavy atom. The van der Waals surface area contributed by atoms with Crippen LogP contribution in [-0.4, -0.2) is 45.3 Å². The van der Waals surface area contributed by atoms with E-state index in [1.54, 1.807) is 40.2 Å². The van der Waals surface area contributed by atoms with Gasteiger partial charge in [0.2, 0.25) is 5.91 Å². The van der Waals surface area contributed by atoms with Gasteiger partial charge in [0.1, 0.15) is 10.6 Å². The molecule has 0 radical (unpaired) electrons. The second-order valence-corrected chi connectivity index (χ2v) is 11.8. The number of thioether (sulfide) groups is 1. The first-order chi connectivity index (χ1) is 18.3. The van der Waals surface area contributed by atoms with Gasteiger partial charge in [-0.3, -0.25) is 19.1 Å². The smallest absolute Gasteiger partial charge is 0.267 e. The summed E-state index contributed by atoms with van der Waals surface area (Å²) in [5.74, 6) is 0.617. The molecule has 0 aliphatic carbocycles. The van der Waals surface area contributed by atoms with E-state index in [0.29, 0.717) is 39.6 Å². The van der Waals surface area contributed by atoms with Crippen LogP contribution >= 0.6 is 34.7 Å². The van der Waals surface area contributed by atoms with E-state index in [-0.39, 0.29) is 17.2 Å². The summed E-state index contributed by atoms with van der Waals surface area (Å²) in [7, 11) is 0. The highest BCUT2D eigenvalue weighted by molar-refractivity contribution is 7.99. The van der Waals surface area contributed by atoms with Gasteiger partial charge < -0.3 is 10.1 Å². The molecule has 198 valence electrons. The van der Waals surface area contributed by atoms with Crippen molar-refractivity contribution < 1.29 is 9.53 Å². The van der Waals surface area contributed by atoms with Crippen LogP contribution in [0, 0.1) is 0 Å². The fourth-order valence-corrected chi connectivity index (χ4v) is 6.85. The molecule has 2 aromatic heterocycles. The number of anilines is 1. The first kappa shape index (κ1) is 26.7. The number of aromatic nitrogens is 2. The third kappa shape index (κ3) is 5.61. The lowest BCUT2D eigenvalue weighted by molar-refractivity contribution is -0.113. The normalized spacial score (nSPS) is 13.6. The molecule has 0 saturated carbocycles. The number of carbonyl (C=O) groups excluding carboxylic acids is 1. The van der Waals surface area contributed by atoms with Crippen LogP contribution in [0.1, 0.15) is 31.2 Å². The van der Waals surface area contributed by atoms with Gasteiger partial charge in [0, 0.05) is 34.7 Å². The number of halogens is 1. The summed E-state index contributed by atoms with van der Waals surface area (Å²) in [4.78, 5) is 36.1. The fraction of sp³-hybridized carbons (Fsp3) is 0.321. The van der Waals surface area contributed by atoms with Crippen LogP contribution in [0.4, 0.5) is 5.69 Å². The summed E-state index contributed by atoms with van der Waals surface area (Å²) in [6, 6.07) is 14.9. The minimum Gasteiger partial charge on any atom is -0.494 e. The SMILES string of the molecule is CCOc1ccc(-n2c(SCC(=O)Nc3cccc(Cl)c3)nc3sc4c(c3c2=O)CCN(C(C)C)C4)cc1. The minimum absolute atomic E-state index is 0.0910. The predicted octanol–water partition coefficient (Wildman–Crippen LogP) is 6.00. The van der Waals surface area contributed by atoms with Crippen molar-refractivity contribution in [3.8, 4) is 11.4 Å². The number of amides is 1. The van der Waals surface area contributed by atoms with Crippen LogP contribution in [-0.2, 0) is 17.8 Å². The number of rotatable bonds is 8. The van der Waals surface area contributed by atoms with Crippen LogP contribution in [0.3, 0.4) is 0 Å². The molecular weight excluding hydrogens is 540 g/mol. The highest BCUT2D eigenvalue weighted by Gasteiger charge is 2.26. The zero-order valence-electron chi connectivity index (χ0n) is 21.5. The Labute approximate surface area is 234 Å². The largest absolute Gasteiger partial charge is 0.494 e. The average molecular weight is 569 g/mol. The number of ether oxygens (including phenoxy) is 1. The summed E-state index contributed by atoms with van der Waals surface area (Å²) in [5, 5.41) is 4.58. The van der Waals surface area contributed by atoms with Crippen LogP contribution in [0.5, 0.6) is 5.75 Å². The molecule has 0 atom stereocenters. The van der Waals surface area contributed by atoms with Gasteiger partial charge in [-0.1, -0.05) is 29.4 Å². The van der Waals surface area contributed by atoms with E-state index in [4.69, 9.17) is 21.3 Å². The Balaban J connectivity index is 1.52. The maximum atomic E-state index is 14.0. The van der Waals surface area contributed by atoms with Crippen LogP contribution in [0.2, 0.25) is 5.02 Å². The third-order valence-electron chi connectivity index (χ3n) is 6.45. The van der Waals surface area contributed by atoms with Crippen molar-refractivity contribution in [1.82, 2.24) is 14.5 Å². The second kappa shape index (κ2) is 11.5. The van der Waals surface area contributed by atoms with Crippen molar-refractivity contribution in [2.75, 3.05) is 24.2 Å². The molecule has 1 aliphatic rings. The van der Waals surface area contributed by atoms with Gasteiger partial charge in [-0.25, -0.2) is 4.98 Å². The Hall–Kier alpha value is -2.85. The molecule has 5 rings (SSSR count). The number of benzene rings is 2. The number of hydrogen-bond donors (Lipinski definition) is 1. The van der Waals surface area contributed by atoms with Gasteiger partial charge in [0.05, 0.1) is 23.4 Å². The lowest BCUT2D eigenvalue weighted by Crippen LogP contribution is -2.35. The van der Waals surface area contributed by atoms with Crippen molar-refractivity contribution in [3.05, 3.63) is 74.3 Å². The number of thiophene rings is 1. The monoisotopic (exact) mass is 568 g/mol. The van der Waals surface area contributed by atoms with Gasteiger partial charge >= 0.3 is 0 Å². The van der Waals surface area contributed by atoms with Crippen molar-refractivity contribution in [2.24, 2.45) is 0 Å². The van der Waals surface area contributed by atoms with E-state index in [9.17, 15) is 9.59 Å². The maximum Gasteiger partial charge on any atom is 0.267 e. The van der Waals surface area contributed by atoms with Crippen LogP contribution < -0.4 is 15.6 Å². The van der Waals surface area contributed by atoms with Crippen LogP contribution in [0.15, 0.2) is 58.5 Å². The Morgan fingerprint density at radius 3 is 2.74 bits per heavy atom. The highest BCUT2D eigenvalue weighted by Crippen LogP contribution is 2.35. The standard InChI is InChI=1S/C28H29ClN4O3S2/c1-4-36-21-10-8-20(9-11-21)33-27(35)25-22-12-13-32(17(2)3)15-23(22)38-26(25)31-28(33)37-16-24(34)30-19-7-5-6-18(29)14-19/h5-11,14,17H,4,12-13,15-16H2,1-3H3,(H,30,34). The maximum absolute atomic E-state index is 14.0. The van der Waals surface area contributed by atoms with Crippen molar-refractivity contribution >= 4 is 56.5 Å². The number of nitrogens with one attached hydrogen (secondary N) is 1. The fourth-order valence-electron chi connectivity index (χ4n) is 4.56.